The lowest BCUT2D eigenvalue weighted by Crippen LogP contribution is -2.31. The van der Waals surface area contributed by atoms with Crippen LogP contribution in [-0.4, -0.2) is 45.9 Å². The monoisotopic (exact) mass is 376 g/mol. The Morgan fingerprint density at radius 3 is 2.19 bits per heavy atom. The van der Waals surface area contributed by atoms with E-state index in [1.165, 1.54) is 34.5 Å². The summed E-state index contributed by atoms with van der Waals surface area (Å²) >= 11 is 0. The SMILES string of the molecule is CCN(CC)S(=O)(=O)c1ccc(OC)c(C(=O)N(C)c2ccccc2)c1. The molecule has 0 bridgehead atoms. The summed E-state index contributed by atoms with van der Waals surface area (Å²) in [7, 11) is -0.572. The van der Waals surface area contributed by atoms with Crippen molar-refractivity contribution in [3.05, 3.63) is 54.1 Å². The molecule has 0 N–H and O–H groups in total. The Bertz CT molecular complexity index is 862. The van der Waals surface area contributed by atoms with Gasteiger partial charge in [-0.25, -0.2) is 8.42 Å². The number of carbonyl (C=O) groups is 1. The van der Waals surface area contributed by atoms with Crippen molar-refractivity contribution in [1.29, 1.82) is 0 Å². The highest BCUT2D eigenvalue weighted by atomic mass is 32.2. The third-order valence-electron chi connectivity index (χ3n) is 4.19. The molecule has 0 radical (unpaired) electrons. The van der Waals surface area contributed by atoms with Gasteiger partial charge in [0, 0.05) is 25.8 Å². The molecule has 2 aromatic carbocycles. The molecule has 0 heterocycles. The maximum atomic E-state index is 13.0. The van der Waals surface area contributed by atoms with Crippen LogP contribution < -0.4 is 9.64 Å². The highest BCUT2D eigenvalue weighted by Gasteiger charge is 2.25. The second kappa shape index (κ2) is 8.33. The summed E-state index contributed by atoms with van der Waals surface area (Å²) in [4.78, 5) is 14.5. The van der Waals surface area contributed by atoms with Crippen LogP contribution in [0.5, 0.6) is 5.75 Å². The maximum Gasteiger partial charge on any atom is 0.261 e. The van der Waals surface area contributed by atoms with Gasteiger partial charge in [-0.2, -0.15) is 4.31 Å². The number of amides is 1. The number of ether oxygens (including phenoxy) is 1. The average molecular weight is 376 g/mol. The topological polar surface area (TPSA) is 66.9 Å². The molecule has 0 saturated heterocycles. The standard InChI is InChI=1S/C19H24N2O4S/c1-5-21(6-2)26(23,24)16-12-13-18(25-4)17(14-16)19(22)20(3)15-10-8-7-9-11-15/h7-14H,5-6H2,1-4H3. The Labute approximate surface area is 155 Å². The van der Waals surface area contributed by atoms with Gasteiger partial charge < -0.3 is 9.64 Å². The van der Waals surface area contributed by atoms with Crippen LogP contribution in [0.2, 0.25) is 0 Å². The Morgan fingerprint density at radius 1 is 1.04 bits per heavy atom. The lowest BCUT2D eigenvalue weighted by molar-refractivity contribution is 0.0990. The third-order valence-corrected chi connectivity index (χ3v) is 6.24. The van der Waals surface area contributed by atoms with E-state index in [4.69, 9.17) is 4.74 Å². The molecule has 0 aromatic heterocycles. The summed E-state index contributed by atoms with van der Waals surface area (Å²) in [6.07, 6.45) is 0. The number of rotatable bonds is 7. The van der Waals surface area contributed by atoms with Gasteiger partial charge in [0.25, 0.3) is 5.91 Å². The Kier molecular flexibility index (Phi) is 6.39. The van der Waals surface area contributed by atoms with E-state index in [2.05, 4.69) is 0 Å². The van der Waals surface area contributed by atoms with Crippen molar-refractivity contribution in [2.75, 3.05) is 32.1 Å². The summed E-state index contributed by atoms with van der Waals surface area (Å²) < 4.78 is 32.2. The first kappa shape index (κ1) is 19.9. The maximum absolute atomic E-state index is 13.0. The van der Waals surface area contributed by atoms with Crippen molar-refractivity contribution in [2.24, 2.45) is 0 Å². The second-order valence-electron chi connectivity index (χ2n) is 5.65. The van der Waals surface area contributed by atoms with Crippen LogP contribution in [0.15, 0.2) is 53.4 Å². The largest absolute Gasteiger partial charge is 0.496 e. The van der Waals surface area contributed by atoms with Crippen molar-refractivity contribution >= 4 is 21.6 Å². The summed E-state index contributed by atoms with van der Waals surface area (Å²) in [5.74, 6) is -0.0130. The molecule has 0 unspecified atom stereocenters. The quantitative estimate of drug-likeness (QED) is 0.745. The molecule has 1 amide bonds. The molecule has 6 nitrogen and oxygen atoms in total. The fourth-order valence-electron chi connectivity index (χ4n) is 2.68. The van der Waals surface area contributed by atoms with Crippen LogP contribution in [0.4, 0.5) is 5.69 Å². The van der Waals surface area contributed by atoms with Gasteiger partial charge in [0.2, 0.25) is 10.0 Å². The third kappa shape index (κ3) is 3.89. The zero-order valence-electron chi connectivity index (χ0n) is 15.5. The van der Waals surface area contributed by atoms with Crippen LogP contribution >= 0.6 is 0 Å². The fourth-order valence-corrected chi connectivity index (χ4v) is 4.16. The molecular formula is C19H24N2O4S. The van der Waals surface area contributed by atoms with Crippen molar-refractivity contribution in [3.63, 3.8) is 0 Å². The zero-order chi connectivity index (χ0) is 19.3. The molecule has 0 saturated carbocycles. The number of nitrogens with zero attached hydrogens (tertiary/aromatic N) is 2. The molecule has 26 heavy (non-hydrogen) atoms. The van der Waals surface area contributed by atoms with E-state index >= 15 is 0 Å². The fraction of sp³-hybridized carbons (Fsp3) is 0.316. The van der Waals surface area contributed by atoms with Gasteiger partial charge in [0.05, 0.1) is 17.6 Å². The lowest BCUT2D eigenvalue weighted by Gasteiger charge is -2.21. The van der Waals surface area contributed by atoms with Gasteiger partial charge in [0.15, 0.2) is 0 Å². The number of para-hydroxylation sites is 1. The normalized spacial score (nSPS) is 11.4. The Balaban J connectivity index is 2.49. The molecule has 0 spiro atoms. The van der Waals surface area contributed by atoms with Crippen LogP contribution in [-0.2, 0) is 10.0 Å². The van der Waals surface area contributed by atoms with Crippen molar-refractivity contribution in [3.8, 4) is 5.75 Å². The zero-order valence-corrected chi connectivity index (χ0v) is 16.3. The number of hydrogen-bond donors (Lipinski definition) is 0. The molecule has 0 aliphatic heterocycles. The molecule has 2 rings (SSSR count). The van der Waals surface area contributed by atoms with E-state index in [0.29, 0.717) is 24.5 Å². The van der Waals surface area contributed by atoms with E-state index < -0.39 is 10.0 Å². The Morgan fingerprint density at radius 2 is 1.65 bits per heavy atom. The van der Waals surface area contributed by atoms with Crippen molar-refractivity contribution in [1.82, 2.24) is 4.31 Å². The van der Waals surface area contributed by atoms with Gasteiger partial charge in [0.1, 0.15) is 5.75 Å². The van der Waals surface area contributed by atoms with E-state index in [1.807, 2.05) is 18.2 Å². The van der Waals surface area contributed by atoms with E-state index in [1.54, 1.807) is 33.0 Å². The summed E-state index contributed by atoms with van der Waals surface area (Å²) in [6, 6.07) is 13.5. The minimum absolute atomic E-state index is 0.0758. The Hall–Kier alpha value is -2.38. The number of methoxy groups -OCH3 is 1. The highest BCUT2D eigenvalue weighted by Crippen LogP contribution is 2.27. The molecule has 2 aromatic rings. The van der Waals surface area contributed by atoms with E-state index in [-0.39, 0.29) is 16.4 Å². The smallest absolute Gasteiger partial charge is 0.261 e. The summed E-state index contributed by atoms with van der Waals surface area (Å²) in [6.45, 7) is 4.27. The van der Waals surface area contributed by atoms with Gasteiger partial charge >= 0.3 is 0 Å². The minimum Gasteiger partial charge on any atom is -0.496 e. The predicted octanol–water partition coefficient (Wildman–Crippen LogP) is 3.00. The van der Waals surface area contributed by atoms with Crippen LogP contribution in [0.3, 0.4) is 0 Å². The van der Waals surface area contributed by atoms with Crippen LogP contribution in [0.25, 0.3) is 0 Å². The minimum atomic E-state index is -3.67. The first-order valence-electron chi connectivity index (χ1n) is 8.38. The molecule has 140 valence electrons. The highest BCUT2D eigenvalue weighted by molar-refractivity contribution is 7.89. The van der Waals surface area contributed by atoms with Gasteiger partial charge in [-0.1, -0.05) is 32.0 Å². The summed E-state index contributed by atoms with van der Waals surface area (Å²) in [5.41, 5.74) is 0.906. The van der Waals surface area contributed by atoms with Crippen LogP contribution in [0.1, 0.15) is 24.2 Å². The van der Waals surface area contributed by atoms with Crippen LogP contribution in [0, 0.1) is 0 Å². The van der Waals surface area contributed by atoms with Gasteiger partial charge in [-0.05, 0) is 30.3 Å². The first-order chi connectivity index (χ1) is 12.4. The van der Waals surface area contributed by atoms with E-state index in [0.717, 1.165) is 0 Å². The molecule has 0 aliphatic rings. The number of anilines is 1. The number of hydrogen-bond acceptors (Lipinski definition) is 4. The van der Waals surface area contributed by atoms with Gasteiger partial charge in [-0.15, -0.1) is 0 Å². The first-order valence-corrected chi connectivity index (χ1v) is 9.82. The van der Waals surface area contributed by atoms with Crippen molar-refractivity contribution in [2.45, 2.75) is 18.7 Å². The predicted molar refractivity (Wildman–Crippen MR) is 102 cm³/mol. The number of carbonyl (C=O) groups excluding carboxylic acids is 1. The molecule has 0 atom stereocenters. The molecule has 0 fully saturated rings. The molecular weight excluding hydrogens is 352 g/mol. The second-order valence-corrected chi connectivity index (χ2v) is 7.59. The van der Waals surface area contributed by atoms with E-state index in [9.17, 15) is 13.2 Å². The van der Waals surface area contributed by atoms with Gasteiger partial charge in [-0.3, -0.25) is 4.79 Å². The lowest BCUT2D eigenvalue weighted by atomic mass is 10.1. The molecule has 0 aliphatic carbocycles. The summed E-state index contributed by atoms with van der Waals surface area (Å²) in [5, 5.41) is 0. The average Bonchev–Trinajstić information content (AvgIpc) is 2.67. The number of sulfonamides is 1. The molecule has 7 heteroatoms. The number of benzene rings is 2. The van der Waals surface area contributed by atoms with Crippen molar-refractivity contribution < 1.29 is 17.9 Å².